The average molecular weight is 334 g/mol. The van der Waals surface area contributed by atoms with E-state index < -0.39 is 0 Å². The van der Waals surface area contributed by atoms with Gasteiger partial charge in [-0.25, -0.2) is 4.79 Å². The van der Waals surface area contributed by atoms with Crippen LogP contribution in [-0.2, 0) is 4.74 Å². The number of para-hydroxylation sites is 1. The normalized spacial score (nSPS) is 15.3. The van der Waals surface area contributed by atoms with E-state index in [1.54, 1.807) is 0 Å². The van der Waals surface area contributed by atoms with Gasteiger partial charge < -0.3 is 19.7 Å². The molecule has 2 rings (SSSR count). The van der Waals surface area contributed by atoms with Gasteiger partial charge in [0.1, 0.15) is 5.75 Å². The lowest BCUT2D eigenvalue weighted by atomic mass is 10.1. The van der Waals surface area contributed by atoms with E-state index in [-0.39, 0.29) is 6.09 Å². The van der Waals surface area contributed by atoms with E-state index in [2.05, 4.69) is 5.32 Å². The number of benzene rings is 1. The van der Waals surface area contributed by atoms with E-state index in [1.165, 1.54) is 6.42 Å². The van der Waals surface area contributed by atoms with Crippen LogP contribution in [0.3, 0.4) is 0 Å². The molecule has 0 aliphatic carbocycles. The molecule has 1 aromatic rings. The molecule has 5 heteroatoms. The molecule has 24 heavy (non-hydrogen) atoms. The molecular formula is C19H30N2O3. The quantitative estimate of drug-likeness (QED) is 0.703. The van der Waals surface area contributed by atoms with Crippen LogP contribution in [0.15, 0.2) is 30.3 Å². The van der Waals surface area contributed by atoms with Crippen molar-refractivity contribution in [2.75, 3.05) is 32.8 Å². The van der Waals surface area contributed by atoms with Gasteiger partial charge in [0.25, 0.3) is 0 Å². The fourth-order valence-corrected chi connectivity index (χ4v) is 2.90. The number of unbranched alkanes of at least 4 members (excludes halogenated alkanes) is 2. The summed E-state index contributed by atoms with van der Waals surface area (Å²) in [6.07, 6.45) is 5.26. The third-order valence-corrected chi connectivity index (χ3v) is 4.29. The van der Waals surface area contributed by atoms with E-state index in [4.69, 9.17) is 9.47 Å². The molecule has 0 atom stereocenters. The van der Waals surface area contributed by atoms with Crippen molar-refractivity contribution in [1.82, 2.24) is 10.2 Å². The number of nitrogens with zero attached hydrogens (tertiary/aromatic N) is 1. The van der Waals surface area contributed by atoms with Crippen molar-refractivity contribution in [3.8, 4) is 5.75 Å². The van der Waals surface area contributed by atoms with E-state index in [9.17, 15) is 4.79 Å². The number of nitrogens with one attached hydrogen (secondary N) is 1. The molecule has 0 radical (unpaired) electrons. The number of carbonyl (C=O) groups is 1. The summed E-state index contributed by atoms with van der Waals surface area (Å²) in [7, 11) is 0. The lowest BCUT2D eigenvalue weighted by Gasteiger charge is -2.31. The van der Waals surface area contributed by atoms with Gasteiger partial charge in [0.2, 0.25) is 0 Å². The van der Waals surface area contributed by atoms with Gasteiger partial charge in [-0.15, -0.1) is 0 Å². The maximum atomic E-state index is 11.6. The average Bonchev–Trinajstić information content (AvgIpc) is 2.62. The Morgan fingerprint density at radius 3 is 2.62 bits per heavy atom. The zero-order valence-corrected chi connectivity index (χ0v) is 14.7. The van der Waals surface area contributed by atoms with Gasteiger partial charge in [-0.1, -0.05) is 18.2 Å². The first-order chi connectivity index (χ1) is 11.8. The molecule has 1 amide bonds. The predicted molar refractivity (Wildman–Crippen MR) is 95.4 cm³/mol. The first kappa shape index (κ1) is 18.6. The molecule has 1 fully saturated rings. The summed E-state index contributed by atoms with van der Waals surface area (Å²) in [4.78, 5) is 13.4. The molecule has 1 N–H and O–H groups in total. The molecule has 1 aliphatic heterocycles. The standard InChI is InChI=1S/C19H30N2O3/c1-2-23-19(22)21-14-11-17(12-15-21)20-13-7-4-8-16-24-18-9-5-3-6-10-18/h3,5-6,9-10,17,20H,2,4,7-8,11-16H2,1H3. The van der Waals surface area contributed by atoms with Crippen LogP contribution in [0.4, 0.5) is 4.79 Å². The van der Waals surface area contributed by atoms with Crippen molar-refractivity contribution >= 4 is 6.09 Å². The highest BCUT2D eigenvalue weighted by atomic mass is 16.6. The van der Waals surface area contributed by atoms with Crippen molar-refractivity contribution in [3.63, 3.8) is 0 Å². The summed E-state index contributed by atoms with van der Waals surface area (Å²) < 4.78 is 10.7. The Hall–Kier alpha value is -1.75. The molecule has 1 aliphatic rings. The molecule has 0 aromatic heterocycles. The summed E-state index contributed by atoms with van der Waals surface area (Å²) >= 11 is 0. The van der Waals surface area contributed by atoms with Crippen LogP contribution in [0.25, 0.3) is 0 Å². The molecule has 0 saturated carbocycles. The largest absolute Gasteiger partial charge is 0.494 e. The number of hydrogen-bond donors (Lipinski definition) is 1. The highest BCUT2D eigenvalue weighted by Crippen LogP contribution is 2.12. The fraction of sp³-hybridized carbons (Fsp3) is 0.632. The summed E-state index contributed by atoms with van der Waals surface area (Å²) in [5.74, 6) is 0.948. The Bertz CT molecular complexity index is 459. The van der Waals surface area contributed by atoms with E-state index in [0.717, 1.165) is 57.7 Å². The maximum absolute atomic E-state index is 11.6. The minimum atomic E-state index is -0.172. The third kappa shape index (κ3) is 6.79. The van der Waals surface area contributed by atoms with Crippen LogP contribution in [0.1, 0.15) is 39.0 Å². The van der Waals surface area contributed by atoms with Gasteiger partial charge in [0.15, 0.2) is 0 Å². The number of amides is 1. The van der Waals surface area contributed by atoms with Crippen molar-refractivity contribution in [2.45, 2.75) is 45.1 Å². The second-order valence-electron chi connectivity index (χ2n) is 6.14. The van der Waals surface area contributed by atoms with Crippen molar-refractivity contribution in [1.29, 1.82) is 0 Å². The Balaban J connectivity index is 1.45. The zero-order chi connectivity index (χ0) is 17.0. The Labute approximate surface area is 145 Å². The SMILES string of the molecule is CCOC(=O)N1CCC(NCCCCCOc2ccccc2)CC1. The number of likely N-dealkylation sites (tertiary alicyclic amines) is 1. The smallest absolute Gasteiger partial charge is 0.409 e. The van der Waals surface area contributed by atoms with Crippen LogP contribution in [-0.4, -0.2) is 49.9 Å². The lowest BCUT2D eigenvalue weighted by Crippen LogP contribution is -2.45. The highest BCUT2D eigenvalue weighted by molar-refractivity contribution is 5.67. The number of carbonyl (C=O) groups excluding carboxylic acids is 1. The van der Waals surface area contributed by atoms with E-state index in [0.29, 0.717) is 12.6 Å². The second-order valence-corrected chi connectivity index (χ2v) is 6.14. The third-order valence-electron chi connectivity index (χ3n) is 4.29. The van der Waals surface area contributed by atoms with E-state index >= 15 is 0 Å². The molecule has 1 heterocycles. The Morgan fingerprint density at radius 1 is 1.17 bits per heavy atom. The molecule has 1 aromatic carbocycles. The summed E-state index contributed by atoms with van der Waals surface area (Å²) in [6.45, 7) is 5.70. The van der Waals surface area contributed by atoms with Crippen LogP contribution >= 0.6 is 0 Å². The Kier molecular flexibility index (Phi) is 8.46. The summed E-state index contributed by atoms with van der Waals surface area (Å²) in [6, 6.07) is 10.5. The van der Waals surface area contributed by atoms with Gasteiger partial charge in [0, 0.05) is 19.1 Å². The summed E-state index contributed by atoms with van der Waals surface area (Å²) in [5.41, 5.74) is 0. The van der Waals surface area contributed by atoms with Gasteiger partial charge in [-0.3, -0.25) is 0 Å². The molecule has 1 saturated heterocycles. The zero-order valence-electron chi connectivity index (χ0n) is 14.7. The van der Waals surface area contributed by atoms with Crippen LogP contribution in [0.5, 0.6) is 5.75 Å². The van der Waals surface area contributed by atoms with Gasteiger partial charge in [0.05, 0.1) is 13.2 Å². The first-order valence-corrected chi connectivity index (χ1v) is 9.12. The maximum Gasteiger partial charge on any atom is 0.409 e. The number of hydrogen-bond acceptors (Lipinski definition) is 4. The molecule has 0 spiro atoms. The van der Waals surface area contributed by atoms with Gasteiger partial charge >= 0.3 is 6.09 Å². The minimum Gasteiger partial charge on any atom is -0.494 e. The van der Waals surface area contributed by atoms with Gasteiger partial charge in [-0.05, 0) is 57.7 Å². The van der Waals surface area contributed by atoms with Crippen molar-refractivity contribution < 1.29 is 14.3 Å². The lowest BCUT2D eigenvalue weighted by molar-refractivity contribution is 0.0951. The fourth-order valence-electron chi connectivity index (χ4n) is 2.90. The topological polar surface area (TPSA) is 50.8 Å². The molecule has 0 bridgehead atoms. The number of ether oxygens (including phenoxy) is 2. The number of piperidine rings is 1. The molecule has 5 nitrogen and oxygen atoms in total. The Morgan fingerprint density at radius 2 is 1.92 bits per heavy atom. The van der Waals surface area contributed by atoms with Gasteiger partial charge in [-0.2, -0.15) is 0 Å². The van der Waals surface area contributed by atoms with Crippen LogP contribution < -0.4 is 10.1 Å². The number of rotatable bonds is 9. The molecule has 134 valence electrons. The van der Waals surface area contributed by atoms with Crippen LogP contribution in [0.2, 0.25) is 0 Å². The highest BCUT2D eigenvalue weighted by Gasteiger charge is 2.22. The van der Waals surface area contributed by atoms with Crippen molar-refractivity contribution in [3.05, 3.63) is 30.3 Å². The first-order valence-electron chi connectivity index (χ1n) is 9.12. The minimum absolute atomic E-state index is 0.172. The predicted octanol–water partition coefficient (Wildman–Crippen LogP) is 3.45. The monoisotopic (exact) mass is 334 g/mol. The van der Waals surface area contributed by atoms with Crippen LogP contribution in [0, 0.1) is 0 Å². The summed E-state index contributed by atoms with van der Waals surface area (Å²) in [5, 5.41) is 3.60. The van der Waals surface area contributed by atoms with Crippen molar-refractivity contribution in [2.24, 2.45) is 0 Å². The second kappa shape index (κ2) is 10.9. The molecular weight excluding hydrogens is 304 g/mol. The van der Waals surface area contributed by atoms with E-state index in [1.807, 2.05) is 42.2 Å². The molecule has 0 unspecified atom stereocenters.